The maximum Gasteiger partial charge on any atom is 0.150 e. The van der Waals surface area contributed by atoms with E-state index in [1.165, 1.54) is 16.2 Å². The van der Waals surface area contributed by atoms with Crippen LogP contribution < -0.4 is 0 Å². The molecular weight excluding hydrogens is 282 g/mol. The van der Waals surface area contributed by atoms with Crippen LogP contribution in [0.25, 0.3) is 10.7 Å². The second-order valence-electron chi connectivity index (χ2n) is 6.21. The highest BCUT2D eigenvalue weighted by Gasteiger charge is 2.37. The predicted molar refractivity (Wildman–Crippen MR) is 84.7 cm³/mol. The Balaban J connectivity index is 1.59. The molecule has 2 saturated heterocycles. The van der Waals surface area contributed by atoms with Crippen LogP contribution in [0.4, 0.5) is 0 Å². The van der Waals surface area contributed by atoms with Crippen LogP contribution in [0.2, 0.25) is 0 Å². The topological polar surface area (TPSA) is 30.3 Å². The van der Waals surface area contributed by atoms with Gasteiger partial charge in [-0.15, -0.1) is 11.3 Å². The van der Waals surface area contributed by atoms with Crippen LogP contribution in [0.3, 0.4) is 0 Å². The van der Waals surface area contributed by atoms with E-state index in [9.17, 15) is 0 Å². The molecule has 21 heavy (non-hydrogen) atoms. The minimum Gasteiger partial charge on any atom is -0.376 e. The van der Waals surface area contributed by atoms with Crippen molar-refractivity contribution in [2.75, 3.05) is 19.7 Å². The molecule has 4 heterocycles. The molecule has 2 aliphatic rings. The zero-order valence-corrected chi connectivity index (χ0v) is 13.3. The summed E-state index contributed by atoms with van der Waals surface area (Å²) in [5.41, 5.74) is 0. The molecule has 112 valence electrons. The van der Waals surface area contributed by atoms with Gasteiger partial charge < -0.3 is 9.30 Å². The third-order valence-corrected chi connectivity index (χ3v) is 5.59. The average Bonchev–Trinajstić information content (AvgIpc) is 3.14. The Morgan fingerprint density at radius 2 is 2.19 bits per heavy atom. The number of aryl methyl sites for hydroxylation is 1. The molecule has 0 N–H and O–H groups in total. The Kier molecular flexibility index (Phi) is 3.36. The zero-order valence-electron chi connectivity index (χ0n) is 12.5. The van der Waals surface area contributed by atoms with Crippen molar-refractivity contribution in [3.05, 3.63) is 29.4 Å². The maximum absolute atomic E-state index is 5.81. The highest BCUT2D eigenvalue weighted by molar-refractivity contribution is 7.15. The number of morpholine rings is 1. The largest absolute Gasteiger partial charge is 0.376 e. The number of rotatable bonds is 2. The highest BCUT2D eigenvalue weighted by Crippen LogP contribution is 2.34. The molecule has 2 aromatic rings. The molecule has 0 unspecified atom stereocenters. The molecule has 4 nitrogen and oxygen atoms in total. The van der Waals surface area contributed by atoms with E-state index in [4.69, 9.17) is 4.74 Å². The maximum atomic E-state index is 5.81. The summed E-state index contributed by atoms with van der Waals surface area (Å²) < 4.78 is 8.18. The van der Waals surface area contributed by atoms with E-state index in [0.29, 0.717) is 18.2 Å². The first kappa shape index (κ1) is 13.5. The molecule has 2 fully saturated rings. The van der Waals surface area contributed by atoms with Crippen LogP contribution in [0.15, 0.2) is 24.5 Å². The van der Waals surface area contributed by atoms with E-state index in [0.717, 1.165) is 25.5 Å². The smallest absolute Gasteiger partial charge is 0.150 e. The number of nitrogens with zero attached hydrogens (tertiary/aromatic N) is 3. The Morgan fingerprint density at radius 1 is 1.29 bits per heavy atom. The Bertz CT molecular complexity index is 635. The number of hydrogen-bond acceptors (Lipinski definition) is 4. The lowest BCUT2D eigenvalue weighted by atomic mass is 10.1. The number of thiophene rings is 1. The van der Waals surface area contributed by atoms with Crippen molar-refractivity contribution < 1.29 is 4.74 Å². The molecule has 0 aliphatic carbocycles. The van der Waals surface area contributed by atoms with Gasteiger partial charge >= 0.3 is 0 Å². The molecule has 0 spiro atoms. The van der Waals surface area contributed by atoms with E-state index in [1.54, 1.807) is 0 Å². The van der Waals surface area contributed by atoms with Gasteiger partial charge in [0.1, 0.15) is 5.82 Å². The number of ether oxygens (including phenoxy) is 1. The van der Waals surface area contributed by atoms with Gasteiger partial charge in [0.05, 0.1) is 17.6 Å². The number of imidazole rings is 1. The van der Waals surface area contributed by atoms with Crippen molar-refractivity contribution in [2.24, 2.45) is 0 Å². The van der Waals surface area contributed by atoms with E-state index >= 15 is 0 Å². The Hall–Kier alpha value is -1.17. The van der Waals surface area contributed by atoms with Crippen molar-refractivity contribution in [3.63, 3.8) is 0 Å². The van der Waals surface area contributed by atoms with Crippen molar-refractivity contribution >= 4 is 11.3 Å². The summed E-state index contributed by atoms with van der Waals surface area (Å²) in [4.78, 5) is 9.79. The number of hydrogen-bond donors (Lipinski definition) is 0. The fourth-order valence-electron chi connectivity index (χ4n) is 3.57. The molecule has 0 aromatic carbocycles. The summed E-state index contributed by atoms with van der Waals surface area (Å²) in [6.45, 7) is 7.37. The molecule has 2 aliphatic heterocycles. The predicted octanol–water partition coefficient (Wildman–Crippen LogP) is 2.95. The van der Waals surface area contributed by atoms with Crippen molar-refractivity contribution in [2.45, 2.75) is 38.5 Å². The van der Waals surface area contributed by atoms with Crippen LogP contribution in [-0.2, 0) is 4.74 Å². The molecule has 2 aromatic heterocycles. The SMILES string of the molecule is Cc1ccc(-c2nccn2[C@@H]2C[C@H]3CO[C@H](C)CN3C2)s1. The molecule has 4 rings (SSSR count). The lowest BCUT2D eigenvalue weighted by Gasteiger charge is -2.33. The van der Waals surface area contributed by atoms with E-state index in [1.807, 2.05) is 17.5 Å². The monoisotopic (exact) mass is 303 g/mol. The third-order valence-electron chi connectivity index (χ3n) is 4.59. The van der Waals surface area contributed by atoms with Gasteiger partial charge in [-0.3, -0.25) is 4.90 Å². The quantitative estimate of drug-likeness (QED) is 0.854. The van der Waals surface area contributed by atoms with Crippen molar-refractivity contribution in [3.8, 4) is 10.7 Å². The van der Waals surface area contributed by atoms with Gasteiger partial charge in [0.15, 0.2) is 0 Å². The van der Waals surface area contributed by atoms with Crippen LogP contribution >= 0.6 is 11.3 Å². The van der Waals surface area contributed by atoms with Gasteiger partial charge in [0.2, 0.25) is 0 Å². The summed E-state index contributed by atoms with van der Waals surface area (Å²) in [7, 11) is 0. The van der Waals surface area contributed by atoms with E-state index in [2.05, 4.69) is 46.6 Å². The molecule has 0 amide bonds. The zero-order chi connectivity index (χ0) is 14.4. The number of aromatic nitrogens is 2. The first-order chi connectivity index (χ1) is 10.2. The molecule has 0 saturated carbocycles. The first-order valence-corrected chi connectivity index (χ1v) is 8.47. The summed E-state index contributed by atoms with van der Waals surface area (Å²) in [5.74, 6) is 1.12. The van der Waals surface area contributed by atoms with Gasteiger partial charge in [-0.25, -0.2) is 4.98 Å². The minimum absolute atomic E-state index is 0.363. The third kappa shape index (κ3) is 2.43. The van der Waals surface area contributed by atoms with Gasteiger partial charge in [-0.05, 0) is 32.4 Å². The molecule has 5 heteroatoms. The average molecular weight is 303 g/mol. The van der Waals surface area contributed by atoms with Gasteiger partial charge in [0, 0.05) is 42.4 Å². The molecule has 0 radical (unpaired) electrons. The van der Waals surface area contributed by atoms with Crippen molar-refractivity contribution in [1.82, 2.24) is 14.5 Å². The van der Waals surface area contributed by atoms with Gasteiger partial charge in [-0.1, -0.05) is 0 Å². The summed E-state index contributed by atoms with van der Waals surface area (Å²) in [5, 5.41) is 0. The van der Waals surface area contributed by atoms with Gasteiger partial charge in [-0.2, -0.15) is 0 Å². The Labute approximate surface area is 129 Å². The highest BCUT2D eigenvalue weighted by atomic mass is 32.1. The standard InChI is InChI=1S/C16H21N3OS/c1-11-8-18-9-13(7-14(18)10-20-11)19-6-5-17-16(19)15-4-3-12(2)21-15/h3-6,11,13-14H,7-10H2,1-2H3/t11-,13-,14+/m1/s1. The fourth-order valence-corrected chi connectivity index (χ4v) is 4.44. The molecule has 3 atom stereocenters. The van der Waals surface area contributed by atoms with Crippen LogP contribution in [0.1, 0.15) is 24.3 Å². The summed E-state index contributed by atoms with van der Waals surface area (Å²) in [6.07, 6.45) is 5.60. The Morgan fingerprint density at radius 3 is 3.00 bits per heavy atom. The molecular formula is C16H21N3OS. The number of fused-ring (bicyclic) bond motifs is 1. The first-order valence-electron chi connectivity index (χ1n) is 7.66. The fraction of sp³-hybridized carbons (Fsp3) is 0.562. The van der Waals surface area contributed by atoms with Crippen LogP contribution in [-0.4, -0.2) is 46.3 Å². The summed E-state index contributed by atoms with van der Waals surface area (Å²) >= 11 is 1.82. The lowest BCUT2D eigenvalue weighted by Crippen LogP contribution is -2.44. The van der Waals surface area contributed by atoms with Gasteiger partial charge in [0.25, 0.3) is 0 Å². The van der Waals surface area contributed by atoms with Crippen LogP contribution in [0.5, 0.6) is 0 Å². The summed E-state index contributed by atoms with van der Waals surface area (Å²) in [6, 6.07) is 5.45. The second kappa shape index (κ2) is 5.23. The minimum atomic E-state index is 0.363. The second-order valence-corrected chi connectivity index (χ2v) is 7.50. The lowest BCUT2D eigenvalue weighted by molar-refractivity contribution is -0.0390. The van der Waals surface area contributed by atoms with Crippen LogP contribution in [0, 0.1) is 6.92 Å². The van der Waals surface area contributed by atoms with E-state index in [-0.39, 0.29) is 0 Å². The van der Waals surface area contributed by atoms with Crippen molar-refractivity contribution in [1.29, 1.82) is 0 Å². The van der Waals surface area contributed by atoms with E-state index < -0.39 is 0 Å². The normalized spacial score (nSPS) is 29.7. The molecule has 0 bridgehead atoms.